The Bertz CT molecular complexity index is 407. The Labute approximate surface area is 121 Å². The van der Waals surface area contributed by atoms with Gasteiger partial charge in [0.15, 0.2) is 5.76 Å². The molecule has 1 amide bonds. The minimum Gasteiger partial charge on any atom is -0.456 e. The van der Waals surface area contributed by atoms with Crippen molar-refractivity contribution in [1.29, 1.82) is 0 Å². The molecule has 20 heavy (non-hydrogen) atoms. The first-order valence-electron chi connectivity index (χ1n) is 7.44. The standard InChI is InChI=1S/C15H27N3O2/c1-4-6-8-18(9-7-5-2)11-13-10-14(15(19)17-16)20-12(13)3/h10H,4-9,11,16H2,1-3H3,(H,17,19). The Morgan fingerprint density at radius 3 is 2.40 bits per heavy atom. The fourth-order valence-electron chi connectivity index (χ4n) is 2.13. The maximum absolute atomic E-state index is 11.5. The number of unbranched alkanes of at least 4 members (excludes halogenated alkanes) is 2. The summed E-state index contributed by atoms with van der Waals surface area (Å²) in [5, 5.41) is 0. The molecule has 0 aliphatic rings. The number of hydrogen-bond acceptors (Lipinski definition) is 4. The zero-order valence-corrected chi connectivity index (χ0v) is 12.9. The first-order valence-corrected chi connectivity index (χ1v) is 7.44. The van der Waals surface area contributed by atoms with E-state index < -0.39 is 0 Å². The lowest BCUT2D eigenvalue weighted by Gasteiger charge is -2.21. The maximum Gasteiger partial charge on any atom is 0.300 e. The molecule has 0 aliphatic carbocycles. The van der Waals surface area contributed by atoms with Crippen LogP contribution < -0.4 is 11.3 Å². The van der Waals surface area contributed by atoms with Gasteiger partial charge in [0.2, 0.25) is 0 Å². The van der Waals surface area contributed by atoms with Gasteiger partial charge in [0, 0.05) is 12.1 Å². The second-order valence-corrected chi connectivity index (χ2v) is 5.15. The van der Waals surface area contributed by atoms with E-state index in [-0.39, 0.29) is 11.7 Å². The summed E-state index contributed by atoms with van der Waals surface area (Å²) in [6.45, 7) is 9.28. The number of rotatable bonds is 9. The van der Waals surface area contributed by atoms with Crippen molar-refractivity contribution in [3.63, 3.8) is 0 Å². The number of nitrogens with one attached hydrogen (secondary N) is 1. The first-order chi connectivity index (χ1) is 9.62. The van der Waals surface area contributed by atoms with E-state index in [1.807, 2.05) is 6.92 Å². The Balaban J connectivity index is 2.71. The molecule has 0 aliphatic heterocycles. The number of carbonyl (C=O) groups excluding carboxylic acids is 1. The maximum atomic E-state index is 11.5. The molecular weight excluding hydrogens is 254 g/mol. The third-order valence-corrected chi connectivity index (χ3v) is 3.43. The Hall–Kier alpha value is -1.33. The van der Waals surface area contributed by atoms with Crippen LogP contribution in [0.25, 0.3) is 0 Å². The van der Waals surface area contributed by atoms with E-state index in [1.54, 1.807) is 6.07 Å². The molecule has 1 rings (SSSR count). The van der Waals surface area contributed by atoms with Crippen LogP contribution in [0.2, 0.25) is 0 Å². The predicted molar refractivity (Wildman–Crippen MR) is 80.2 cm³/mol. The van der Waals surface area contributed by atoms with Crippen molar-refractivity contribution < 1.29 is 9.21 Å². The van der Waals surface area contributed by atoms with Crippen molar-refractivity contribution in [2.45, 2.75) is 53.0 Å². The second kappa shape index (κ2) is 8.76. The number of nitrogens with two attached hydrogens (primary N) is 1. The number of nitrogen functional groups attached to an aromatic ring is 1. The lowest BCUT2D eigenvalue weighted by Crippen LogP contribution is -2.29. The zero-order chi connectivity index (χ0) is 15.0. The minimum atomic E-state index is -0.381. The highest BCUT2D eigenvalue weighted by Gasteiger charge is 2.15. The van der Waals surface area contributed by atoms with Crippen LogP contribution in [0.15, 0.2) is 10.5 Å². The first kappa shape index (κ1) is 16.7. The van der Waals surface area contributed by atoms with Crippen LogP contribution in [-0.4, -0.2) is 23.9 Å². The third-order valence-electron chi connectivity index (χ3n) is 3.43. The number of nitrogens with zero attached hydrogens (tertiary/aromatic N) is 1. The molecule has 0 atom stereocenters. The summed E-state index contributed by atoms with van der Waals surface area (Å²) in [6, 6.07) is 1.79. The molecule has 0 saturated heterocycles. The Kier molecular flexibility index (Phi) is 7.33. The van der Waals surface area contributed by atoms with E-state index in [9.17, 15) is 4.79 Å². The second-order valence-electron chi connectivity index (χ2n) is 5.15. The van der Waals surface area contributed by atoms with E-state index in [0.717, 1.165) is 31.0 Å². The molecule has 114 valence electrons. The molecule has 3 N–H and O–H groups in total. The average molecular weight is 281 g/mol. The molecule has 1 aromatic rings. The summed E-state index contributed by atoms with van der Waals surface area (Å²) in [7, 11) is 0. The van der Waals surface area contributed by atoms with Gasteiger partial charge in [-0.05, 0) is 38.9 Å². The number of hydrazine groups is 1. The number of hydrogen-bond donors (Lipinski definition) is 2. The van der Waals surface area contributed by atoms with Gasteiger partial charge in [0.05, 0.1) is 0 Å². The SMILES string of the molecule is CCCCN(CCCC)Cc1cc(C(=O)NN)oc1C. The summed E-state index contributed by atoms with van der Waals surface area (Å²) >= 11 is 0. The van der Waals surface area contributed by atoms with Crippen molar-refractivity contribution in [2.75, 3.05) is 13.1 Å². The molecule has 0 bridgehead atoms. The number of amides is 1. The molecule has 0 saturated carbocycles. The van der Waals surface area contributed by atoms with Crippen LogP contribution in [0.5, 0.6) is 0 Å². The highest BCUT2D eigenvalue weighted by molar-refractivity contribution is 5.91. The largest absolute Gasteiger partial charge is 0.456 e. The lowest BCUT2D eigenvalue weighted by atomic mass is 10.2. The highest BCUT2D eigenvalue weighted by atomic mass is 16.4. The summed E-state index contributed by atoms with van der Waals surface area (Å²) in [5.41, 5.74) is 3.16. The quantitative estimate of drug-likeness (QED) is 0.414. The topological polar surface area (TPSA) is 71.5 Å². The fraction of sp³-hybridized carbons (Fsp3) is 0.667. The molecule has 1 aromatic heterocycles. The molecular formula is C15H27N3O2. The number of aryl methyl sites for hydroxylation is 1. The van der Waals surface area contributed by atoms with Crippen molar-refractivity contribution in [3.05, 3.63) is 23.2 Å². The Morgan fingerprint density at radius 2 is 1.90 bits per heavy atom. The molecule has 5 nitrogen and oxygen atoms in total. The molecule has 0 unspecified atom stereocenters. The van der Waals surface area contributed by atoms with Gasteiger partial charge in [-0.15, -0.1) is 0 Å². The lowest BCUT2D eigenvalue weighted by molar-refractivity contribution is 0.0924. The van der Waals surface area contributed by atoms with Crippen LogP contribution in [0.3, 0.4) is 0 Å². The monoisotopic (exact) mass is 281 g/mol. The minimum absolute atomic E-state index is 0.283. The van der Waals surface area contributed by atoms with Crippen LogP contribution in [0.1, 0.15) is 61.4 Å². The Morgan fingerprint density at radius 1 is 1.30 bits per heavy atom. The van der Waals surface area contributed by atoms with Gasteiger partial charge in [-0.25, -0.2) is 5.84 Å². The van der Waals surface area contributed by atoms with Crippen molar-refractivity contribution in [2.24, 2.45) is 5.84 Å². The highest BCUT2D eigenvalue weighted by Crippen LogP contribution is 2.17. The molecule has 0 fully saturated rings. The molecule has 1 heterocycles. The zero-order valence-electron chi connectivity index (χ0n) is 12.9. The number of furan rings is 1. The van der Waals surface area contributed by atoms with Gasteiger partial charge in [-0.3, -0.25) is 15.1 Å². The average Bonchev–Trinajstić information content (AvgIpc) is 2.82. The van der Waals surface area contributed by atoms with Gasteiger partial charge in [0.25, 0.3) is 0 Å². The molecule has 0 radical (unpaired) electrons. The van der Waals surface area contributed by atoms with E-state index >= 15 is 0 Å². The van der Waals surface area contributed by atoms with E-state index in [1.165, 1.54) is 25.7 Å². The summed E-state index contributed by atoms with van der Waals surface area (Å²) < 4.78 is 5.46. The normalized spacial score (nSPS) is 11.1. The predicted octanol–water partition coefficient (Wildman–Crippen LogP) is 2.59. The third kappa shape index (κ3) is 4.98. The number of carbonyl (C=O) groups is 1. The van der Waals surface area contributed by atoms with Crippen LogP contribution >= 0.6 is 0 Å². The van der Waals surface area contributed by atoms with Gasteiger partial charge < -0.3 is 4.42 Å². The van der Waals surface area contributed by atoms with E-state index in [4.69, 9.17) is 10.3 Å². The summed E-state index contributed by atoms with van der Waals surface area (Å²) in [5.74, 6) is 5.82. The molecule has 0 spiro atoms. The van der Waals surface area contributed by atoms with Gasteiger partial charge in [-0.1, -0.05) is 26.7 Å². The summed E-state index contributed by atoms with van der Waals surface area (Å²) in [4.78, 5) is 13.9. The van der Waals surface area contributed by atoms with Crippen LogP contribution in [0.4, 0.5) is 0 Å². The van der Waals surface area contributed by atoms with E-state index in [2.05, 4.69) is 24.2 Å². The fourth-order valence-corrected chi connectivity index (χ4v) is 2.13. The summed E-state index contributed by atoms with van der Waals surface area (Å²) in [6.07, 6.45) is 4.76. The molecule has 0 aromatic carbocycles. The van der Waals surface area contributed by atoms with Crippen LogP contribution in [-0.2, 0) is 6.54 Å². The van der Waals surface area contributed by atoms with E-state index in [0.29, 0.717) is 0 Å². The van der Waals surface area contributed by atoms with Crippen molar-refractivity contribution in [3.8, 4) is 0 Å². The van der Waals surface area contributed by atoms with Gasteiger partial charge in [-0.2, -0.15) is 0 Å². The van der Waals surface area contributed by atoms with Crippen molar-refractivity contribution in [1.82, 2.24) is 10.3 Å². The van der Waals surface area contributed by atoms with Gasteiger partial charge >= 0.3 is 5.91 Å². The van der Waals surface area contributed by atoms with Crippen molar-refractivity contribution >= 4 is 5.91 Å². The molecule has 5 heteroatoms. The van der Waals surface area contributed by atoms with Gasteiger partial charge in [0.1, 0.15) is 5.76 Å². The van der Waals surface area contributed by atoms with Crippen LogP contribution in [0, 0.1) is 6.92 Å². The smallest absolute Gasteiger partial charge is 0.300 e.